The van der Waals surface area contributed by atoms with Crippen molar-refractivity contribution >= 4 is 54.8 Å². The smallest absolute Gasteiger partial charge is 0.0757 e. The van der Waals surface area contributed by atoms with E-state index in [9.17, 15) is 0 Å². The summed E-state index contributed by atoms with van der Waals surface area (Å²) in [6.07, 6.45) is 0.858. The van der Waals surface area contributed by atoms with Gasteiger partial charge in [0.05, 0.1) is 12.9 Å². The number of alkyl halides is 1. The van der Waals surface area contributed by atoms with Crippen LogP contribution in [0, 0.1) is 13.8 Å². The molecule has 2 rings (SSSR count). The molecule has 0 amide bonds. The van der Waals surface area contributed by atoms with Crippen molar-refractivity contribution in [1.82, 2.24) is 0 Å². The molecule has 2 aromatic rings. The van der Waals surface area contributed by atoms with Crippen LogP contribution in [0.5, 0.6) is 0 Å². The molecule has 0 aliphatic carbocycles. The maximum Gasteiger partial charge on any atom is 0.0757 e. The van der Waals surface area contributed by atoms with Gasteiger partial charge in [-0.15, -0.1) is 22.9 Å². The monoisotopic (exact) mass is 406 g/mol. The molecule has 1 aromatic carbocycles. The van der Waals surface area contributed by atoms with E-state index in [0.717, 1.165) is 19.6 Å². The Morgan fingerprint density at radius 3 is 2.56 bits per heavy atom. The summed E-state index contributed by atoms with van der Waals surface area (Å²) in [4.78, 5) is 0. The zero-order valence-electron chi connectivity index (χ0n) is 10.1. The van der Waals surface area contributed by atoms with E-state index < -0.39 is 0 Å². The SMILES string of the molecule is Cc1ccc(C)c(CC(Cl)c2cc(Br)sc2Br)c1. The van der Waals surface area contributed by atoms with Gasteiger partial charge in [-0.25, -0.2) is 0 Å². The Morgan fingerprint density at radius 1 is 1.22 bits per heavy atom. The van der Waals surface area contributed by atoms with Crippen molar-refractivity contribution in [3.05, 3.63) is 54.1 Å². The molecule has 0 saturated carbocycles. The number of hydrogen-bond donors (Lipinski definition) is 0. The summed E-state index contributed by atoms with van der Waals surface area (Å²) in [6.45, 7) is 4.25. The standard InChI is InChI=1S/C14H13Br2ClS/c1-8-3-4-9(2)10(5-8)6-12(17)11-7-13(15)18-14(11)16/h3-5,7,12H,6H2,1-2H3. The van der Waals surface area contributed by atoms with Gasteiger partial charge in [0.25, 0.3) is 0 Å². The Morgan fingerprint density at radius 2 is 1.94 bits per heavy atom. The molecule has 0 spiro atoms. The number of hydrogen-bond acceptors (Lipinski definition) is 1. The second-order valence-electron chi connectivity index (χ2n) is 4.38. The van der Waals surface area contributed by atoms with Gasteiger partial charge < -0.3 is 0 Å². The highest BCUT2D eigenvalue weighted by Gasteiger charge is 2.16. The van der Waals surface area contributed by atoms with Crippen LogP contribution in [0.25, 0.3) is 0 Å². The fourth-order valence-corrected chi connectivity index (χ4v) is 5.40. The number of halogens is 3. The molecule has 18 heavy (non-hydrogen) atoms. The lowest BCUT2D eigenvalue weighted by Crippen LogP contribution is -1.98. The third-order valence-electron chi connectivity index (χ3n) is 2.92. The van der Waals surface area contributed by atoms with E-state index in [1.807, 2.05) is 0 Å². The maximum absolute atomic E-state index is 6.54. The van der Waals surface area contributed by atoms with E-state index in [1.54, 1.807) is 11.3 Å². The van der Waals surface area contributed by atoms with E-state index in [0.29, 0.717) is 0 Å². The molecule has 0 radical (unpaired) electrons. The van der Waals surface area contributed by atoms with E-state index in [-0.39, 0.29) is 5.38 Å². The van der Waals surface area contributed by atoms with Crippen molar-refractivity contribution in [3.8, 4) is 0 Å². The number of benzene rings is 1. The largest absolute Gasteiger partial charge is 0.121 e. The molecule has 96 valence electrons. The van der Waals surface area contributed by atoms with Crippen LogP contribution in [-0.2, 0) is 6.42 Å². The van der Waals surface area contributed by atoms with Crippen LogP contribution in [0.4, 0.5) is 0 Å². The third-order valence-corrected chi connectivity index (χ3v) is 5.70. The molecule has 0 saturated heterocycles. The van der Waals surface area contributed by atoms with Crippen molar-refractivity contribution in [2.75, 3.05) is 0 Å². The maximum atomic E-state index is 6.54. The van der Waals surface area contributed by atoms with E-state index in [1.165, 1.54) is 16.7 Å². The lowest BCUT2D eigenvalue weighted by atomic mass is 9.99. The van der Waals surface area contributed by atoms with Crippen LogP contribution in [0.2, 0.25) is 0 Å². The summed E-state index contributed by atoms with van der Waals surface area (Å²) in [5.41, 5.74) is 5.07. The molecule has 0 aliphatic heterocycles. The molecular formula is C14H13Br2ClS. The van der Waals surface area contributed by atoms with Crippen LogP contribution in [0.15, 0.2) is 31.8 Å². The van der Waals surface area contributed by atoms with Crippen molar-refractivity contribution in [3.63, 3.8) is 0 Å². The Bertz CT molecular complexity index is 563. The summed E-state index contributed by atoms with van der Waals surface area (Å²) in [5.74, 6) is 0. The van der Waals surface area contributed by atoms with Gasteiger partial charge in [0.1, 0.15) is 0 Å². The Balaban J connectivity index is 2.23. The summed E-state index contributed by atoms with van der Waals surface area (Å²) < 4.78 is 2.22. The zero-order chi connectivity index (χ0) is 13.3. The molecule has 1 heterocycles. The summed E-state index contributed by atoms with van der Waals surface area (Å²) in [7, 11) is 0. The molecule has 1 aromatic heterocycles. The minimum absolute atomic E-state index is 0.00225. The first-order valence-corrected chi connectivity index (χ1v) is 8.46. The minimum Gasteiger partial charge on any atom is -0.121 e. The molecule has 1 unspecified atom stereocenters. The van der Waals surface area contributed by atoms with Crippen LogP contribution >= 0.6 is 54.8 Å². The fourth-order valence-electron chi connectivity index (χ4n) is 1.89. The fraction of sp³-hybridized carbons (Fsp3) is 0.286. The van der Waals surface area contributed by atoms with Gasteiger partial charge in [0.2, 0.25) is 0 Å². The van der Waals surface area contributed by atoms with Crippen LogP contribution < -0.4 is 0 Å². The quantitative estimate of drug-likeness (QED) is 0.515. The normalized spacial score (nSPS) is 12.7. The van der Waals surface area contributed by atoms with Crippen LogP contribution in [-0.4, -0.2) is 0 Å². The first-order chi connectivity index (χ1) is 8.47. The molecule has 4 heteroatoms. The van der Waals surface area contributed by atoms with Crippen molar-refractivity contribution in [2.45, 2.75) is 25.6 Å². The summed E-state index contributed by atoms with van der Waals surface area (Å²) in [6, 6.07) is 8.61. The van der Waals surface area contributed by atoms with Gasteiger partial charge in [-0.2, -0.15) is 0 Å². The molecule has 0 nitrogen and oxygen atoms in total. The zero-order valence-corrected chi connectivity index (χ0v) is 14.9. The highest BCUT2D eigenvalue weighted by molar-refractivity contribution is 9.12. The average Bonchev–Trinajstić information content (AvgIpc) is 2.63. The van der Waals surface area contributed by atoms with Crippen molar-refractivity contribution in [1.29, 1.82) is 0 Å². The lowest BCUT2D eigenvalue weighted by molar-refractivity contribution is 0.910. The molecule has 0 aliphatic rings. The molecule has 0 fully saturated rings. The Labute approximate surface area is 134 Å². The third kappa shape index (κ3) is 3.38. The Hall–Kier alpha value is 0.170. The predicted octanol–water partition coefficient (Wildman–Crippen LogP) is 6.41. The summed E-state index contributed by atoms with van der Waals surface area (Å²) >= 11 is 15.3. The van der Waals surface area contributed by atoms with E-state index in [2.05, 4.69) is 70.0 Å². The van der Waals surface area contributed by atoms with Crippen LogP contribution in [0.3, 0.4) is 0 Å². The highest BCUT2D eigenvalue weighted by Crippen LogP contribution is 2.39. The van der Waals surface area contributed by atoms with Crippen LogP contribution in [0.1, 0.15) is 27.6 Å². The lowest BCUT2D eigenvalue weighted by Gasteiger charge is -2.12. The first kappa shape index (κ1) is 14.6. The van der Waals surface area contributed by atoms with Gasteiger partial charge in [-0.1, -0.05) is 23.8 Å². The number of rotatable bonds is 3. The van der Waals surface area contributed by atoms with E-state index in [4.69, 9.17) is 11.6 Å². The molecule has 0 bridgehead atoms. The molecule has 1 atom stereocenters. The Kier molecular flexibility index (Phi) is 4.92. The molecular weight excluding hydrogens is 395 g/mol. The van der Waals surface area contributed by atoms with E-state index >= 15 is 0 Å². The molecule has 0 N–H and O–H groups in total. The van der Waals surface area contributed by atoms with Gasteiger partial charge in [0, 0.05) is 0 Å². The predicted molar refractivity (Wildman–Crippen MR) is 87.9 cm³/mol. The van der Waals surface area contributed by atoms with Gasteiger partial charge in [-0.3, -0.25) is 0 Å². The second kappa shape index (κ2) is 6.08. The van der Waals surface area contributed by atoms with Gasteiger partial charge >= 0.3 is 0 Å². The summed E-state index contributed by atoms with van der Waals surface area (Å²) in [5, 5.41) is 0.00225. The average molecular weight is 409 g/mol. The minimum atomic E-state index is 0.00225. The second-order valence-corrected chi connectivity index (χ2v) is 8.66. The van der Waals surface area contributed by atoms with Gasteiger partial charge in [0.15, 0.2) is 0 Å². The first-order valence-electron chi connectivity index (χ1n) is 5.62. The van der Waals surface area contributed by atoms with Crippen molar-refractivity contribution < 1.29 is 0 Å². The topological polar surface area (TPSA) is 0 Å². The van der Waals surface area contributed by atoms with Crippen molar-refractivity contribution in [2.24, 2.45) is 0 Å². The van der Waals surface area contributed by atoms with Gasteiger partial charge in [-0.05, 0) is 74.9 Å². The number of aryl methyl sites for hydroxylation is 2. The highest BCUT2D eigenvalue weighted by atomic mass is 79.9. The number of thiophene rings is 1.